The van der Waals surface area contributed by atoms with Gasteiger partial charge in [0, 0.05) is 14.9 Å². The predicted octanol–water partition coefficient (Wildman–Crippen LogP) is 3.14. The molecule has 0 aromatic carbocycles. The standard InChI is InChI=1S/C12H22BrN3S/c1-5-16(6-2)12(3,4)11(15-14)10-9(13)7-8-17-10/h7-8,11,15H,5-6,14H2,1-4H3. The third-order valence-corrected chi connectivity index (χ3v) is 5.29. The van der Waals surface area contributed by atoms with Gasteiger partial charge in [-0.3, -0.25) is 16.2 Å². The zero-order valence-electron chi connectivity index (χ0n) is 11.0. The second-order valence-electron chi connectivity index (χ2n) is 4.56. The summed E-state index contributed by atoms with van der Waals surface area (Å²) < 4.78 is 1.13. The molecule has 0 bridgehead atoms. The summed E-state index contributed by atoms with van der Waals surface area (Å²) in [4.78, 5) is 3.67. The van der Waals surface area contributed by atoms with Crippen molar-refractivity contribution in [2.45, 2.75) is 39.3 Å². The van der Waals surface area contributed by atoms with E-state index in [1.54, 1.807) is 11.3 Å². The highest BCUT2D eigenvalue weighted by Crippen LogP contribution is 2.37. The van der Waals surface area contributed by atoms with Crippen LogP contribution in [0, 0.1) is 0 Å². The topological polar surface area (TPSA) is 41.3 Å². The minimum Gasteiger partial charge on any atom is -0.297 e. The number of halogens is 1. The highest BCUT2D eigenvalue weighted by Gasteiger charge is 2.36. The number of nitrogens with one attached hydrogen (secondary N) is 1. The predicted molar refractivity (Wildman–Crippen MR) is 79.1 cm³/mol. The Morgan fingerprint density at radius 2 is 2.06 bits per heavy atom. The minimum absolute atomic E-state index is 0.0222. The van der Waals surface area contributed by atoms with Crippen molar-refractivity contribution in [2.24, 2.45) is 5.84 Å². The van der Waals surface area contributed by atoms with Crippen molar-refractivity contribution in [3.05, 3.63) is 20.8 Å². The van der Waals surface area contributed by atoms with Gasteiger partial charge in [-0.2, -0.15) is 0 Å². The van der Waals surface area contributed by atoms with Crippen molar-refractivity contribution >= 4 is 27.3 Å². The van der Waals surface area contributed by atoms with E-state index in [2.05, 4.69) is 65.4 Å². The summed E-state index contributed by atoms with van der Waals surface area (Å²) in [5, 5.41) is 2.09. The summed E-state index contributed by atoms with van der Waals surface area (Å²) in [6, 6.07) is 2.19. The Bertz CT molecular complexity index is 347. The van der Waals surface area contributed by atoms with Gasteiger partial charge in [-0.25, -0.2) is 0 Å². The molecule has 3 N–H and O–H groups in total. The summed E-state index contributed by atoms with van der Waals surface area (Å²) in [5.74, 6) is 5.78. The fourth-order valence-corrected chi connectivity index (χ4v) is 4.17. The number of hydrazine groups is 1. The molecule has 3 nitrogen and oxygen atoms in total. The lowest BCUT2D eigenvalue weighted by Gasteiger charge is -2.42. The molecule has 1 unspecified atom stereocenters. The molecule has 98 valence electrons. The normalized spacial score (nSPS) is 14.3. The van der Waals surface area contributed by atoms with Gasteiger partial charge >= 0.3 is 0 Å². The lowest BCUT2D eigenvalue weighted by Crippen LogP contribution is -2.53. The average molecular weight is 320 g/mol. The lowest BCUT2D eigenvalue weighted by molar-refractivity contribution is 0.0924. The van der Waals surface area contributed by atoms with E-state index in [-0.39, 0.29) is 11.6 Å². The van der Waals surface area contributed by atoms with Crippen LogP contribution < -0.4 is 11.3 Å². The third-order valence-electron chi connectivity index (χ3n) is 3.36. The molecule has 1 aromatic heterocycles. The molecule has 0 spiro atoms. The molecule has 1 rings (SSSR count). The molecular formula is C12H22BrN3S. The molecule has 1 heterocycles. The summed E-state index contributed by atoms with van der Waals surface area (Å²) >= 11 is 5.32. The van der Waals surface area contributed by atoms with Gasteiger partial charge in [-0.05, 0) is 54.3 Å². The second-order valence-corrected chi connectivity index (χ2v) is 6.36. The van der Waals surface area contributed by atoms with Crippen LogP contribution in [0.3, 0.4) is 0 Å². The van der Waals surface area contributed by atoms with Gasteiger partial charge in [-0.1, -0.05) is 13.8 Å². The fraction of sp³-hybridized carbons (Fsp3) is 0.667. The largest absolute Gasteiger partial charge is 0.297 e. The van der Waals surface area contributed by atoms with Gasteiger partial charge in [0.2, 0.25) is 0 Å². The molecule has 1 atom stereocenters. The van der Waals surface area contributed by atoms with Gasteiger partial charge in [0.25, 0.3) is 0 Å². The Hall–Kier alpha value is 0.0600. The summed E-state index contributed by atoms with van der Waals surface area (Å²) in [6.45, 7) is 10.9. The smallest absolute Gasteiger partial charge is 0.0742 e. The summed E-state index contributed by atoms with van der Waals surface area (Å²) in [6.07, 6.45) is 0. The molecule has 17 heavy (non-hydrogen) atoms. The molecule has 0 aliphatic carbocycles. The van der Waals surface area contributed by atoms with Crippen LogP contribution in [0.2, 0.25) is 0 Å². The van der Waals surface area contributed by atoms with Crippen LogP contribution in [0.15, 0.2) is 15.9 Å². The number of hydrogen-bond acceptors (Lipinski definition) is 4. The van der Waals surface area contributed by atoms with E-state index in [0.717, 1.165) is 17.6 Å². The summed E-state index contributed by atoms with van der Waals surface area (Å²) in [5.41, 5.74) is 2.95. The first-order valence-electron chi connectivity index (χ1n) is 5.93. The van der Waals surface area contributed by atoms with Gasteiger partial charge < -0.3 is 0 Å². The second kappa shape index (κ2) is 6.29. The molecule has 0 fully saturated rings. The number of nitrogens with zero attached hydrogens (tertiary/aromatic N) is 1. The van der Waals surface area contributed by atoms with Crippen LogP contribution in [0.1, 0.15) is 38.6 Å². The average Bonchev–Trinajstić information content (AvgIpc) is 2.67. The maximum Gasteiger partial charge on any atom is 0.0742 e. The van der Waals surface area contributed by atoms with Crippen LogP contribution in [0.5, 0.6) is 0 Å². The lowest BCUT2D eigenvalue weighted by atomic mass is 9.91. The first-order valence-corrected chi connectivity index (χ1v) is 7.60. The van der Waals surface area contributed by atoms with Crippen LogP contribution in [-0.4, -0.2) is 23.5 Å². The Balaban J connectivity index is 3.05. The Morgan fingerprint density at radius 3 is 2.41 bits per heavy atom. The first-order chi connectivity index (χ1) is 7.98. The zero-order valence-corrected chi connectivity index (χ0v) is 13.4. The maximum absolute atomic E-state index is 5.78. The van der Waals surface area contributed by atoms with Gasteiger partial charge in [-0.15, -0.1) is 11.3 Å². The van der Waals surface area contributed by atoms with Crippen molar-refractivity contribution in [1.82, 2.24) is 10.3 Å². The molecule has 0 radical (unpaired) electrons. The highest BCUT2D eigenvalue weighted by molar-refractivity contribution is 9.10. The quantitative estimate of drug-likeness (QED) is 0.625. The van der Waals surface area contributed by atoms with Gasteiger partial charge in [0.1, 0.15) is 0 Å². The highest BCUT2D eigenvalue weighted by atomic mass is 79.9. The Kier molecular flexibility index (Phi) is 5.60. The van der Waals surface area contributed by atoms with E-state index in [1.165, 1.54) is 4.88 Å². The maximum atomic E-state index is 5.78. The molecule has 0 aliphatic rings. The molecule has 0 aliphatic heterocycles. The van der Waals surface area contributed by atoms with Crippen LogP contribution in [0.4, 0.5) is 0 Å². The zero-order chi connectivity index (χ0) is 13.1. The van der Waals surface area contributed by atoms with Crippen LogP contribution in [-0.2, 0) is 0 Å². The molecule has 0 amide bonds. The fourth-order valence-electron chi connectivity index (χ4n) is 2.33. The number of nitrogens with two attached hydrogens (primary N) is 1. The van der Waals surface area contributed by atoms with E-state index in [9.17, 15) is 0 Å². The van der Waals surface area contributed by atoms with Crippen molar-refractivity contribution in [1.29, 1.82) is 0 Å². The summed E-state index contributed by atoms with van der Waals surface area (Å²) in [7, 11) is 0. The van der Waals surface area contributed by atoms with E-state index in [1.807, 2.05) is 0 Å². The number of thiophene rings is 1. The van der Waals surface area contributed by atoms with Crippen molar-refractivity contribution in [2.75, 3.05) is 13.1 Å². The third kappa shape index (κ3) is 3.09. The van der Waals surface area contributed by atoms with E-state index in [4.69, 9.17) is 5.84 Å². The number of likely N-dealkylation sites (N-methyl/N-ethyl adjacent to an activating group) is 1. The molecular weight excluding hydrogens is 298 g/mol. The van der Waals surface area contributed by atoms with Crippen LogP contribution in [0.25, 0.3) is 0 Å². The van der Waals surface area contributed by atoms with Gasteiger partial charge in [0.05, 0.1) is 6.04 Å². The molecule has 0 saturated carbocycles. The van der Waals surface area contributed by atoms with Crippen molar-refractivity contribution in [3.8, 4) is 0 Å². The SMILES string of the molecule is CCN(CC)C(C)(C)C(NN)c1sccc1Br. The Morgan fingerprint density at radius 1 is 1.47 bits per heavy atom. The van der Waals surface area contributed by atoms with E-state index >= 15 is 0 Å². The van der Waals surface area contributed by atoms with Crippen LogP contribution >= 0.6 is 27.3 Å². The van der Waals surface area contributed by atoms with E-state index < -0.39 is 0 Å². The minimum atomic E-state index is -0.0222. The van der Waals surface area contributed by atoms with E-state index in [0.29, 0.717) is 0 Å². The van der Waals surface area contributed by atoms with Crippen molar-refractivity contribution in [3.63, 3.8) is 0 Å². The van der Waals surface area contributed by atoms with Crippen molar-refractivity contribution < 1.29 is 0 Å². The molecule has 5 heteroatoms. The monoisotopic (exact) mass is 319 g/mol. The molecule has 1 aromatic rings. The first kappa shape index (κ1) is 15.1. The molecule has 0 saturated heterocycles. The number of hydrogen-bond donors (Lipinski definition) is 2. The Labute approximate surface area is 116 Å². The van der Waals surface area contributed by atoms with Gasteiger partial charge in [0.15, 0.2) is 0 Å². The number of rotatable bonds is 6.